The number of hydrogen-bond acceptors (Lipinski definition) is 28. The molecule has 1 heterocycles. The number of unbranched alkanes of at least 4 members (excludes halogenated alkanes) is 1. The molecule has 3 aromatic rings. The average molecular weight is 1230 g/mol. The molecule has 31 heteroatoms. The van der Waals surface area contributed by atoms with Crippen LogP contribution in [-0.2, 0) is 91.2 Å². The Kier molecular flexibility index (Phi) is 40.9. The van der Waals surface area contributed by atoms with Crippen LogP contribution in [0.15, 0.2) is 89.9 Å². The lowest BCUT2D eigenvalue weighted by atomic mass is 10.1. The minimum absolute atomic E-state index is 0.0347. The minimum Gasteiger partial charge on any atom is -0.480 e. The molecule has 9 atom stereocenters. The number of carbonyl (C=O) groups is 10. The average Bonchev–Trinajstić information content (AvgIpc) is 4.24. The summed E-state index contributed by atoms with van der Waals surface area (Å²) in [5, 5.41) is 10.8. The predicted molar refractivity (Wildman–Crippen MR) is 318 cm³/mol. The van der Waals surface area contributed by atoms with Gasteiger partial charge < -0.3 is 98.2 Å². The van der Waals surface area contributed by atoms with E-state index in [0.717, 1.165) is 42.5 Å². The Morgan fingerprint density at radius 3 is 1.44 bits per heavy atom. The van der Waals surface area contributed by atoms with Gasteiger partial charge in [0.05, 0.1) is 6.54 Å². The van der Waals surface area contributed by atoms with E-state index in [0.29, 0.717) is 50.9 Å². The van der Waals surface area contributed by atoms with E-state index in [4.69, 9.17) is 83.4 Å². The first-order chi connectivity index (χ1) is 41.1. The number of rotatable bonds is 26. The number of guanidine groups is 1. The summed E-state index contributed by atoms with van der Waals surface area (Å²) in [4.78, 5) is 125. The zero-order valence-corrected chi connectivity index (χ0v) is 49.2. The number of nitrogens with one attached hydrogen (secondary N) is 1. The van der Waals surface area contributed by atoms with E-state index < -0.39 is 114 Å². The summed E-state index contributed by atoms with van der Waals surface area (Å²) in [6, 6.07) is 17.9. The summed E-state index contributed by atoms with van der Waals surface area (Å²) in [7, 11) is 0. The van der Waals surface area contributed by atoms with Crippen molar-refractivity contribution in [3.63, 3.8) is 0 Å². The Morgan fingerprint density at radius 1 is 0.552 bits per heavy atom. The number of nitrogens with two attached hydrogens (primary N) is 12. The number of carboxylic acids is 1. The summed E-state index contributed by atoms with van der Waals surface area (Å²) >= 11 is 0. The van der Waals surface area contributed by atoms with Crippen LogP contribution < -0.4 is 78.9 Å². The van der Waals surface area contributed by atoms with Gasteiger partial charge in [0, 0.05) is 6.54 Å². The second-order valence-corrected chi connectivity index (χ2v) is 19.3. The highest BCUT2D eigenvalue weighted by atomic mass is 17.2. The fourth-order valence-corrected chi connectivity index (χ4v) is 6.39. The van der Waals surface area contributed by atoms with Crippen LogP contribution in [0.5, 0.6) is 5.75 Å². The van der Waals surface area contributed by atoms with E-state index in [-0.39, 0.29) is 31.8 Å². The molecule has 4 rings (SSSR count). The first-order valence-electron chi connectivity index (χ1n) is 27.6. The highest BCUT2D eigenvalue weighted by Gasteiger charge is 2.28. The maximum atomic E-state index is 12.0. The molecule has 0 radical (unpaired) electrons. The molecule has 87 heavy (non-hydrogen) atoms. The van der Waals surface area contributed by atoms with E-state index in [1.807, 2.05) is 60.7 Å². The maximum Gasteiger partial charge on any atom is 0.372 e. The lowest BCUT2D eigenvalue weighted by Gasteiger charge is -2.14. The molecule has 0 unspecified atom stereocenters. The molecule has 0 aliphatic carbocycles. The van der Waals surface area contributed by atoms with Gasteiger partial charge in [-0.05, 0) is 120 Å². The van der Waals surface area contributed by atoms with E-state index >= 15 is 0 Å². The van der Waals surface area contributed by atoms with Gasteiger partial charge in [0.1, 0.15) is 60.1 Å². The van der Waals surface area contributed by atoms with Gasteiger partial charge in [-0.1, -0.05) is 86.1 Å². The number of hydrogen-bond donors (Lipinski definition) is 14. The van der Waals surface area contributed by atoms with Crippen LogP contribution in [0.2, 0.25) is 0 Å². The molecule has 31 nitrogen and oxygen atoms in total. The van der Waals surface area contributed by atoms with Gasteiger partial charge in [-0.15, -0.1) is 0 Å². The molecule has 484 valence electrons. The number of nitrogens with zero attached hydrogens (tertiary/aromatic N) is 1. The van der Waals surface area contributed by atoms with Crippen LogP contribution in [0.4, 0.5) is 0 Å². The number of carbonyl (C=O) groups excluding carboxylic acids is 9. The standard InChI is InChI=1S/C20H30N4O5.C15H23N5O4.C13H18N2O3.C5H10N2O3.C3H7NO2/c21-10-2-1-4-15(22)18(25)28-14-8-6-13(7-9-14)12-16(23)19(26)29-20(27)17-5-3-11-24-17;16-11(7-4-8-20-15(18)19)13(21)23-24-14(22)12(17)9-10-5-2-1-3-6-10;1-2-10(14)12(16)18-13(17)11(15)8-9-6-4-3-5-7-9;1-3(7)5(9)10-4(8)2-6;1-2(4)3(5)6/h6-9,15-17,24H,1-5,10-12,21-23H2;1-3,5-6,11-12H,4,7-9,16-17H2,(H4,18,19,20);3-7,10-11H,2,8,14-15H2,1H3;3H,2,6-7H2,1H3;2H,4H2,1H3,(H,5,6)/t15-,16-,17-;11-,12-;10-,11-;3-;2-/m11011/s1. The Morgan fingerprint density at radius 2 is 1.00 bits per heavy atom. The lowest BCUT2D eigenvalue weighted by molar-refractivity contribution is -0.261. The van der Waals surface area contributed by atoms with Crippen molar-refractivity contribution < 1.29 is 81.8 Å². The van der Waals surface area contributed by atoms with Gasteiger partial charge in [-0.25, -0.2) is 48.1 Å². The molecule has 1 fully saturated rings. The predicted octanol–water partition coefficient (Wildman–Crippen LogP) is -3.18. The molecular weight excluding hydrogens is 1140 g/mol. The molecular formula is C56H88N14O17. The Labute approximate surface area is 504 Å². The van der Waals surface area contributed by atoms with E-state index in [1.165, 1.54) is 13.8 Å². The number of carboxylic acid groups (broad SMARTS) is 1. The van der Waals surface area contributed by atoms with Crippen LogP contribution in [-0.4, -0.2) is 151 Å². The summed E-state index contributed by atoms with van der Waals surface area (Å²) in [5.41, 5.74) is 67.1. The van der Waals surface area contributed by atoms with Crippen molar-refractivity contribution in [2.45, 2.75) is 146 Å². The number of aliphatic imine (C=N–C) groups is 1. The smallest absolute Gasteiger partial charge is 0.372 e. The molecule has 26 N–H and O–H groups in total. The minimum atomic E-state index is -0.968. The third-order valence-corrected chi connectivity index (χ3v) is 11.5. The summed E-state index contributed by atoms with van der Waals surface area (Å²) in [5.74, 6) is -7.20. The van der Waals surface area contributed by atoms with Gasteiger partial charge in [0.15, 0.2) is 5.96 Å². The van der Waals surface area contributed by atoms with E-state index in [9.17, 15) is 47.9 Å². The monoisotopic (exact) mass is 1230 g/mol. The first kappa shape index (κ1) is 78.8. The molecule has 0 spiro atoms. The second kappa shape index (κ2) is 45.2. The summed E-state index contributed by atoms with van der Waals surface area (Å²) in [6.45, 7) is 5.90. The van der Waals surface area contributed by atoms with Gasteiger partial charge in [0.2, 0.25) is 0 Å². The second-order valence-electron chi connectivity index (χ2n) is 19.3. The van der Waals surface area contributed by atoms with Crippen molar-refractivity contribution in [1.29, 1.82) is 0 Å². The Balaban J connectivity index is 0.00000115. The quantitative estimate of drug-likeness (QED) is 0.00434. The number of benzene rings is 3. The highest BCUT2D eigenvalue weighted by Crippen LogP contribution is 2.16. The van der Waals surface area contributed by atoms with E-state index in [2.05, 4.69) is 29.6 Å². The van der Waals surface area contributed by atoms with Crippen molar-refractivity contribution in [1.82, 2.24) is 5.32 Å². The SMILES string of the molecule is CC[C@H](N)C(=O)OC(=O)[C@@H](N)Cc1ccccc1.C[C@@H](N)C(=O)O.C[C@@H](N)C(=O)OC(=O)CN.NC(N)=NCCC[C@@H](N)C(=O)OOC(=O)[C@H](N)Cc1ccccc1.NCCCC[C@@H](N)C(=O)Oc1ccc(C[C@@H](N)C(=O)OC(=O)[C@H]2CCCN2)cc1. The molecule has 0 amide bonds. The number of ether oxygens (including phenoxy) is 4. The molecule has 3 aromatic carbocycles. The zero-order chi connectivity index (χ0) is 66.0. The zero-order valence-electron chi connectivity index (χ0n) is 49.2. The van der Waals surface area contributed by atoms with Gasteiger partial charge in [-0.2, -0.15) is 0 Å². The van der Waals surface area contributed by atoms with Gasteiger partial charge in [0.25, 0.3) is 0 Å². The Hall–Kier alpha value is -8.21. The van der Waals surface area contributed by atoms with Gasteiger partial charge in [-0.3, -0.25) is 14.6 Å². The van der Waals surface area contributed by atoms with Crippen LogP contribution in [0, 0.1) is 0 Å². The van der Waals surface area contributed by atoms with Crippen molar-refractivity contribution >= 4 is 65.7 Å². The molecule has 0 saturated carbocycles. The van der Waals surface area contributed by atoms with E-state index in [1.54, 1.807) is 31.2 Å². The fourth-order valence-electron chi connectivity index (χ4n) is 6.39. The Bertz CT molecular complexity index is 2590. The molecule has 1 saturated heterocycles. The van der Waals surface area contributed by atoms with Crippen molar-refractivity contribution in [2.75, 3.05) is 26.2 Å². The molecule has 0 aromatic heterocycles. The number of esters is 7. The largest absolute Gasteiger partial charge is 0.480 e. The topological polar surface area (TPSA) is 583 Å². The van der Waals surface area contributed by atoms with Crippen molar-refractivity contribution in [3.05, 3.63) is 102 Å². The normalized spacial score (nSPS) is 14.7. The lowest BCUT2D eigenvalue weighted by Crippen LogP contribution is -2.40. The summed E-state index contributed by atoms with van der Waals surface area (Å²) in [6.07, 6.45) is 5.57. The van der Waals surface area contributed by atoms with Crippen LogP contribution in [0.3, 0.4) is 0 Å². The molecule has 1 aliphatic rings. The first-order valence-corrected chi connectivity index (χ1v) is 27.6. The number of aliphatic carboxylic acids is 1. The van der Waals surface area contributed by atoms with Crippen molar-refractivity contribution in [2.24, 2.45) is 73.8 Å². The molecule has 1 aliphatic heterocycles. The van der Waals surface area contributed by atoms with Gasteiger partial charge >= 0.3 is 59.7 Å². The van der Waals surface area contributed by atoms with Crippen molar-refractivity contribution in [3.8, 4) is 5.75 Å². The summed E-state index contributed by atoms with van der Waals surface area (Å²) < 4.78 is 18.9. The third-order valence-electron chi connectivity index (χ3n) is 11.5. The van der Waals surface area contributed by atoms with Crippen LogP contribution >= 0.6 is 0 Å². The fraction of sp³-hybridized carbons (Fsp3) is 0.482. The highest BCUT2D eigenvalue weighted by molar-refractivity contribution is 5.92. The van der Waals surface area contributed by atoms with Crippen LogP contribution in [0.1, 0.15) is 88.8 Å². The molecule has 0 bridgehead atoms. The third kappa shape index (κ3) is 37.1. The maximum absolute atomic E-state index is 12.0. The van der Waals surface area contributed by atoms with Crippen LogP contribution in [0.25, 0.3) is 0 Å².